The summed E-state index contributed by atoms with van der Waals surface area (Å²) in [4.78, 5) is 135. The summed E-state index contributed by atoms with van der Waals surface area (Å²) < 4.78 is 67.8. The normalized spacial score (nSPS) is 14.0. The molecule has 1 aromatic carbocycles. The van der Waals surface area contributed by atoms with Gasteiger partial charge in [-0.2, -0.15) is 0 Å². The van der Waals surface area contributed by atoms with Gasteiger partial charge in [-0.05, 0) is 97.8 Å². The van der Waals surface area contributed by atoms with E-state index in [9.17, 15) is 53.1 Å². The van der Waals surface area contributed by atoms with Gasteiger partial charge in [-0.25, -0.2) is 19.4 Å². The molecule has 0 bridgehead atoms. The molecule has 1 fully saturated rings. The van der Waals surface area contributed by atoms with Crippen molar-refractivity contribution < 1.29 is 110 Å². The van der Waals surface area contributed by atoms with E-state index in [1.54, 1.807) is 73.7 Å². The number of aliphatic carboxylic acids is 1. The summed E-state index contributed by atoms with van der Waals surface area (Å²) in [6.45, 7) is 19.0. The third kappa shape index (κ3) is 36.0. The minimum Gasteiger partial charge on any atom is -0.481 e. The van der Waals surface area contributed by atoms with Crippen molar-refractivity contribution in [3.05, 3.63) is 54.9 Å². The number of pyridine rings is 2. The summed E-state index contributed by atoms with van der Waals surface area (Å²) in [6.07, 6.45) is 3.74. The molecule has 4 aromatic rings. The van der Waals surface area contributed by atoms with Crippen molar-refractivity contribution >= 4 is 86.9 Å². The van der Waals surface area contributed by atoms with Gasteiger partial charge in [-0.1, -0.05) is 32.0 Å². The molecule has 33 nitrogen and oxygen atoms in total. The third-order valence-electron chi connectivity index (χ3n) is 15.4. The van der Waals surface area contributed by atoms with Crippen molar-refractivity contribution in [2.45, 2.75) is 149 Å². The molecule has 8 amide bonds. The largest absolute Gasteiger partial charge is 0.481 e. The lowest BCUT2D eigenvalue weighted by molar-refractivity contribution is -0.147. The van der Waals surface area contributed by atoms with E-state index in [2.05, 4.69) is 37.2 Å². The third-order valence-corrected chi connectivity index (χ3v) is 15.4. The number of hydrogen-bond acceptors (Lipinski definition) is 23. The number of carbonyl (C=O) groups is 10. The van der Waals surface area contributed by atoms with Crippen molar-refractivity contribution in [2.75, 3.05) is 152 Å². The molecule has 1 saturated heterocycles. The first-order valence-electron chi connectivity index (χ1n) is 35.9. The number of ether oxygens (including phenoxy) is 12. The van der Waals surface area contributed by atoms with Gasteiger partial charge in [0.1, 0.15) is 41.1 Å². The Labute approximate surface area is 612 Å². The number of rotatable bonds is 52. The molecule has 0 radical (unpaired) electrons. The number of carbonyl (C=O) groups excluding carboxylic acids is 9. The van der Waals surface area contributed by atoms with Crippen LogP contribution in [0.1, 0.15) is 113 Å². The fourth-order valence-corrected chi connectivity index (χ4v) is 10.4. The first-order valence-corrected chi connectivity index (χ1v) is 35.9. The number of alkyl carbamates (subject to hydrolysis) is 2. The Hall–Kier alpha value is -8.41. The number of hydrogen-bond donors (Lipinski definition) is 8. The monoisotopic (exact) mass is 1480 g/mol. The number of nitrogens with one attached hydrogen (secondary N) is 7. The van der Waals surface area contributed by atoms with E-state index in [1.807, 2.05) is 40.9 Å². The predicted octanol–water partition coefficient (Wildman–Crippen LogP) is 3.89. The number of likely N-dealkylation sites (tertiary alicyclic amines) is 1. The summed E-state index contributed by atoms with van der Waals surface area (Å²) in [7, 11) is 0. The maximum atomic E-state index is 13.9. The summed E-state index contributed by atoms with van der Waals surface area (Å²) in [5.74, 6) is -5.34. The van der Waals surface area contributed by atoms with Crippen LogP contribution in [0.3, 0.4) is 0 Å². The number of carboxylic acid groups (broad SMARTS) is 1. The number of carboxylic acids is 1. The summed E-state index contributed by atoms with van der Waals surface area (Å²) in [6, 6.07) is 8.58. The van der Waals surface area contributed by atoms with Crippen LogP contribution >= 0.6 is 0 Å². The Morgan fingerprint density at radius 2 is 1.05 bits per heavy atom. The lowest BCUT2D eigenvalue weighted by Crippen LogP contribution is -2.56. The number of esters is 1. The molecule has 586 valence electrons. The molecule has 1 aliphatic rings. The Morgan fingerprint density at radius 3 is 1.57 bits per heavy atom. The van der Waals surface area contributed by atoms with E-state index in [1.165, 1.54) is 4.90 Å². The van der Waals surface area contributed by atoms with Crippen LogP contribution in [0.25, 0.3) is 27.3 Å². The van der Waals surface area contributed by atoms with Gasteiger partial charge in [-0.15, -0.1) is 0 Å². The van der Waals surface area contributed by atoms with Crippen LogP contribution < -0.4 is 42.0 Å². The highest BCUT2D eigenvalue weighted by atomic mass is 16.6. The first-order chi connectivity index (χ1) is 50.3. The molecule has 3 aromatic heterocycles. The van der Waals surface area contributed by atoms with E-state index in [0.29, 0.717) is 77.5 Å². The van der Waals surface area contributed by atoms with Crippen LogP contribution in [0.5, 0.6) is 5.75 Å². The molecule has 4 atom stereocenters. The SMILES string of the molecule is CC(C)[C@H](NC(=O)[C@@H]1CCCN1C(=O)[C@H](CC(=O)O)NC(=O)CCOCCOCCOCCNC(=O)[C@H](CCCCNC(=O)CCOCCOCCOCCNC(=O)OC(C)(C)C)NC(=O)CCOCCOCCOCCNC(=O)OC(C)(C)C)C(=O)Oc1ccn2cc3cc4ccccc4nc3c2c1. The van der Waals surface area contributed by atoms with Crippen molar-refractivity contribution in [3.8, 4) is 5.75 Å². The highest BCUT2D eigenvalue weighted by Gasteiger charge is 2.40. The number of unbranched alkanes of at least 4 members (excludes halogenated alkanes) is 1. The molecule has 0 spiro atoms. The van der Waals surface area contributed by atoms with Crippen LogP contribution in [0, 0.1) is 5.92 Å². The molecule has 105 heavy (non-hydrogen) atoms. The minimum atomic E-state index is -1.49. The molecule has 5 rings (SSSR count). The quantitative estimate of drug-likeness (QED) is 0.0229. The molecular formula is C72H110N10O23. The standard InChI is InChI=1S/C72H110N10O23/c1-50(2)63(68(91)103-53-18-27-81-49-52-46-51-14-9-10-15-54(51)79-64(52)58(81)47-53)80-66(89)57-17-13-26-82(57)67(90)56(48-62(86)87)78-61(85)21-30-96-36-42-101-43-37-97-31-23-74-65(88)55(77-60(84)20-29-95-35-41-102-45-39-99-33-25-76-70(93)105-72(6,7)8)16-11-12-22-73-59(83)19-28-94-34-40-100-44-38-98-32-24-75-69(92)104-71(3,4)5/h9-10,14-15,18,27,46-47,49-50,55-57,63H,11-13,16-17,19-26,28-45,48H2,1-8H3,(H,73,83)(H,74,88)(H,75,92)(H,76,93)(H,77,84)(H,78,85)(H,80,89)(H,86,87)/t55-,56-,57-,63-/m0/s1. The van der Waals surface area contributed by atoms with E-state index in [4.69, 9.17) is 61.8 Å². The molecule has 4 heterocycles. The Kier molecular flexibility index (Phi) is 39.8. The fraction of sp³-hybridized carbons (Fsp3) is 0.653. The Bertz CT molecular complexity index is 3360. The summed E-state index contributed by atoms with van der Waals surface area (Å²) in [5.41, 5.74) is 1.07. The first kappa shape index (κ1) is 87.2. The van der Waals surface area contributed by atoms with Gasteiger partial charge < -0.3 is 108 Å². The fourth-order valence-electron chi connectivity index (χ4n) is 10.4. The molecule has 0 aliphatic carbocycles. The number of benzene rings is 1. The zero-order chi connectivity index (χ0) is 76.4. The molecule has 0 unspecified atom stereocenters. The summed E-state index contributed by atoms with van der Waals surface area (Å²) in [5, 5.41) is 30.5. The molecular weight excluding hydrogens is 1370 g/mol. The van der Waals surface area contributed by atoms with Crippen LogP contribution in [0.2, 0.25) is 0 Å². The molecule has 1 aliphatic heterocycles. The van der Waals surface area contributed by atoms with Crippen LogP contribution in [0.4, 0.5) is 9.59 Å². The molecule has 0 saturated carbocycles. The van der Waals surface area contributed by atoms with Crippen molar-refractivity contribution in [1.82, 2.24) is 51.5 Å². The van der Waals surface area contributed by atoms with Crippen LogP contribution in [-0.2, 0) is 90.5 Å². The minimum absolute atomic E-state index is 0.0214. The zero-order valence-electron chi connectivity index (χ0n) is 62.0. The van der Waals surface area contributed by atoms with E-state index >= 15 is 0 Å². The van der Waals surface area contributed by atoms with Gasteiger partial charge in [0.15, 0.2) is 0 Å². The Morgan fingerprint density at radius 1 is 0.552 bits per heavy atom. The van der Waals surface area contributed by atoms with Gasteiger partial charge >= 0.3 is 24.1 Å². The van der Waals surface area contributed by atoms with Gasteiger partial charge in [0.2, 0.25) is 35.4 Å². The number of para-hydroxylation sites is 1. The topological polar surface area (TPSA) is 406 Å². The Balaban J connectivity index is 0.941. The molecule has 33 heteroatoms. The highest BCUT2D eigenvalue weighted by Crippen LogP contribution is 2.28. The lowest BCUT2D eigenvalue weighted by Gasteiger charge is -2.30. The van der Waals surface area contributed by atoms with Gasteiger partial charge in [0, 0.05) is 81.2 Å². The van der Waals surface area contributed by atoms with Crippen molar-refractivity contribution in [3.63, 3.8) is 0 Å². The van der Waals surface area contributed by atoms with Gasteiger partial charge in [0.05, 0.1) is 142 Å². The zero-order valence-corrected chi connectivity index (χ0v) is 62.0. The second-order valence-electron chi connectivity index (χ2n) is 26.8. The maximum absolute atomic E-state index is 13.9. The maximum Gasteiger partial charge on any atom is 0.407 e. The second kappa shape index (κ2) is 47.9. The smallest absolute Gasteiger partial charge is 0.407 e. The summed E-state index contributed by atoms with van der Waals surface area (Å²) >= 11 is 0. The number of aromatic nitrogens is 2. The van der Waals surface area contributed by atoms with E-state index in [0.717, 1.165) is 21.8 Å². The predicted molar refractivity (Wildman–Crippen MR) is 383 cm³/mol. The van der Waals surface area contributed by atoms with Crippen molar-refractivity contribution in [2.24, 2.45) is 5.92 Å². The second-order valence-corrected chi connectivity index (χ2v) is 26.8. The van der Waals surface area contributed by atoms with E-state index in [-0.39, 0.29) is 143 Å². The van der Waals surface area contributed by atoms with E-state index < -0.39 is 101 Å². The van der Waals surface area contributed by atoms with Crippen LogP contribution in [0.15, 0.2) is 54.9 Å². The number of amides is 8. The average Bonchev–Trinajstić information content (AvgIpc) is 1.63. The lowest BCUT2D eigenvalue weighted by atomic mass is 10.0. The van der Waals surface area contributed by atoms with Crippen molar-refractivity contribution in [1.29, 1.82) is 0 Å². The molecule has 8 N–H and O–H groups in total. The van der Waals surface area contributed by atoms with Gasteiger partial charge in [-0.3, -0.25) is 33.6 Å². The highest BCUT2D eigenvalue weighted by molar-refractivity contribution is 6.01. The van der Waals surface area contributed by atoms with Crippen LogP contribution in [-0.4, -0.2) is 266 Å². The number of fused-ring (bicyclic) bond motifs is 4. The van der Waals surface area contributed by atoms with Gasteiger partial charge in [0.25, 0.3) is 0 Å². The number of nitrogens with zero attached hydrogens (tertiary/aromatic N) is 3. The average molecular weight is 1480 g/mol.